The average Bonchev–Trinajstić information content (AvgIpc) is 3.88. The van der Waals surface area contributed by atoms with Gasteiger partial charge in [0.2, 0.25) is 0 Å². The molecule has 11 aromatic rings. The molecular formula is C59H38N2O. The number of hydrogen-bond donors (Lipinski definition) is 0. The maximum absolute atomic E-state index is 6.12. The van der Waals surface area contributed by atoms with Crippen LogP contribution in [0.25, 0.3) is 89.2 Å². The molecule has 2 heterocycles. The first-order valence-corrected chi connectivity index (χ1v) is 21.1. The molecule has 0 N–H and O–H groups in total. The van der Waals surface area contributed by atoms with Crippen LogP contribution in [0, 0.1) is 0 Å². The molecule has 1 aliphatic rings. The topological polar surface area (TPSA) is 38.9 Å². The minimum absolute atomic E-state index is 0.554. The van der Waals surface area contributed by atoms with Crippen molar-refractivity contribution in [2.24, 2.45) is 0 Å². The molecule has 9 aromatic carbocycles. The van der Waals surface area contributed by atoms with E-state index in [4.69, 9.17) is 14.4 Å². The summed E-state index contributed by atoms with van der Waals surface area (Å²) in [6.07, 6.45) is 0. The van der Waals surface area contributed by atoms with Crippen molar-refractivity contribution >= 4 is 21.9 Å². The molecule has 0 aliphatic heterocycles. The smallest absolute Gasteiger partial charge is 0.160 e. The predicted octanol–water partition coefficient (Wildman–Crippen LogP) is 15.1. The number of para-hydroxylation sites is 1. The zero-order valence-electron chi connectivity index (χ0n) is 33.7. The Morgan fingerprint density at radius 2 is 0.790 bits per heavy atom. The zero-order chi connectivity index (χ0) is 41.0. The maximum Gasteiger partial charge on any atom is 0.160 e. The van der Waals surface area contributed by atoms with Gasteiger partial charge in [0, 0.05) is 27.5 Å². The van der Waals surface area contributed by atoms with Crippen LogP contribution in [0.3, 0.4) is 0 Å². The van der Waals surface area contributed by atoms with Crippen molar-refractivity contribution in [1.29, 1.82) is 0 Å². The Morgan fingerprint density at radius 1 is 0.306 bits per heavy atom. The summed E-state index contributed by atoms with van der Waals surface area (Å²) in [5, 5.41) is 2.24. The molecule has 0 amide bonds. The highest BCUT2D eigenvalue weighted by Crippen LogP contribution is 2.58. The van der Waals surface area contributed by atoms with Crippen LogP contribution in [0.1, 0.15) is 22.3 Å². The van der Waals surface area contributed by atoms with Gasteiger partial charge in [-0.1, -0.05) is 206 Å². The molecule has 0 bridgehead atoms. The second-order valence-corrected chi connectivity index (χ2v) is 16.0. The standard InChI is InChI=1S/C59H38N2O/c1-3-17-41(18-4-1)58-60-54(40-33-31-39(32-34-40)42-35-36-57-50(37-42)49-26-12-16-30-56(49)62-57)38-55(61-58)48-25-8-7-21-44(48)45-22-9-13-27-51(45)59(43-19-5-2-6-20-43)52-28-14-10-23-46(52)47-24-11-15-29-53(47)59/h1-38H. The number of aromatic nitrogens is 2. The molecule has 0 radical (unpaired) electrons. The van der Waals surface area contributed by atoms with E-state index in [1.807, 2.05) is 30.3 Å². The lowest BCUT2D eigenvalue weighted by Crippen LogP contribution is -2.29. The van der Waals surface area contributed by atoms with Gasteiger partial charge in [-0.05, 0) is 79.9 Å². The summed E-state index contributed by atoms with van der Waals surface area (Å²) in [6, 6.07) is 82.4. The number of fused-ring (bicyclic) bond motifs is 6. The van der Waals surface area contributed by atoms with Crippen LogP contribution in [0.4, 0.5) is 0 Å². The van der Waals surface area contributed by atoms with Gasteiger partial charge in [-0.3, -0.25) is 0 Å². The Hall–Kier alpha value is -8.14. The highest BCUT2D eigenvalue weighted by molar-refractivity contribution is 6.06. The van der Waals surface area contributed by atoms with Gasteiger partial charge in [-0.2, -0.15) is 0 Å². The van der Waals surface area contributed by atoms with Crippen LogP contribution < -0.4 is 0 Å². The van der Waals surface area contributed by atoms with Crippen molar-refractivity contribution in [3.63, 3.8) is 0 Å². The van der Waals surface area contributed by atoms with Crippen LogP contribution in [-0.4, -0.2) is 9.97 Å². The first-order valence-electron chi connectivity index (χ1n) is 21.1. The Kier molecular flexibility index (Phi) is 8.39. The fourth-order valence-corrected chi connectivity index (χ4v) is 9.85. The molecule has 2 aromatic heterocycles. The summed E-state index contributed by atoms with van der Waals surface area (Å²) in [4.78, 5) is 10.6. The Labute approximate surface area is 360 Å². The molecule has 0 spiro atoms. The third-order valence-corrected chi connectivity index (χ3v) is 12.6. The number of nitrogens with zero attached hydrogens (tertiary/aromatic N) is 2. The van der Waals surface area contributed by atoms with E-state index in [1.165, 1.54) is 33.4 Å². The minimum atomic E-state index is -0.554. The normalized spacial score (nSPS) is 12.6. The number of rotatable bonds is 7. The number of furan rings is 1. The molecule has 62 heavy (non-hydrogen) atoms. The lowest BCUT2D eigenvalue weighted by atomic mass is 9.65. The Bertz CT molecular complexity index is 3410. The summed E-state index contributed by atoms with van der Waals surface area (Å²) >= 11 is 0. The fraction of sp³-hybridized carbons (Fsp3) is 0.0169. The molecule has 0 saturated heterocycles. The summed E-state index contributed by atoms with van der Waals surface area (Å²) in [5.74, 6) is 0.682. The van der Waals surface area contributed by atoms with Gasteiger partial charge in [0.25, 0.3) is 0 Å². The monoisotopic (exact) mass is 790 g/mol. The Morgan fingerprint density at radius 3 is 1.47 bits per heavy atom. The summed E-state index contributed by atoms with van der Waals surface area (Å²) in [5.41, 5.74) is 18.1. The summed E-state index contributed by atoms with van der Waals surface area (Å²) < 4.78 is 6.12. The van der Waals surface area contributed by atoms with E-state index >= 15 is 0 Å². The molecule has 0 fully saturated rings. The van der Waals surface area contributed by atoms with Crippen LogP contribution in [0.15, 0.2) is 235 Å². The van der Waals surface area contributed by atoms with E-state index in [1.54, 1.807) is 0 Å². The third-order valence-electron chi connectivity index (χ3n) is 12.6. The van der Waals surface area contributed by atoms with Crippen LogP contribution in [0.5, 0.6) is 0 Å². The first-order chi connectivity index (χ1) is 30.7. The number of benzene rings is 9. The number of hydrogen-bond acceptors (Lipinski definition) is 3. The van der Waals surface area contributed by atoms with Crippen molar-refractivity contribution in [3.05, 3.63) is 253 Å². The molecule has 0 atom stereocenters. The molecule has 1 aliphatic carbocycles. The van der Waals surface area contributed by atoms with Gasteiger partial charge in [0.15, 0.2) is 5.82 Å². The van der Waals surface area contributed by atoms with Crippen LogP contribution in [0.2, 0.25) is 0 Å². The second-order valence-electron chi connectivity index (χ2n) is 16.0. The maximum atomic E-state index is 6.12. The van der Waals surface area contributed by atoms with Gasteiger partial charge in [0.1, 0.15) is 11.2 Å². The largest absolute Gasteiger partial charge is 0.456 e. The SMILES string of the molecule is c1ccc(-c2nc(-c3ccc(-c4ccc5oc6ccccc6c5c4)cc3)cc(-c3ccccc3-c3ccccc3C3(c4ccccc4)c4ccccc4-c4ccccc43)n2)cc1. The van der Waals surface area contributed by atoms with Crippen molar-refractivity contribution in [2.45, 2.75) is 5.41 Å². The molecule has 3 nitrogen and oxygen atoms in total. The second kappa shape index (κ2) is 14.5. The van der Waals surface area contributed by atoms with E-state index in [2.05, 4.69) is 200 Å². The molecular weight excluding hydrogens is 753 g/mol. The molecule has 0 saturated carbocycles. The third kappa shape index (κ3) is 5.67. The van der Waals surface area contributed by atoms with E-state index in [0.717, 1.165) is 72.3 Å². The van der Waals surface area contributed by atoms with Crippen molar-refractivity contribution in [2.75, 3.05) is 0 Å². The van der Waals surface area contributed by atoms with E-state index in [-0.39, 0.29) is 0 Å². The van der Waals surface area contributed by atoms with Gasteiger partial charge < -0.3 is 4.42 Å². The van der Waals surface area contributed by atoms with Crippen molar-refractivity contribution in [3.8, 4) is 67.3 Å². The highest BCUT2D eigenvalue weighted by Gasteiger charge is 2.47. The quantitative estimate of drug-likeness (QED) is 0.161. The lowest BCUT2D eigenvalue weighted by molar-refractivity contribution is 0.669. The van der Waals surface area contributed by atoms with Gasteiger partial charge in [0.05, 0.1) is 16.8 Å². The fourth-order valence-electron chi connectivity index (χ4n) is 9.85. The van der Waals surface area contributed by atoms with E-state index in [0.29, 0.717) is 5.82 Å². The van der Waals surface area contributed by atoms with Crippen LogP contribution in [-0.2, 0) is 5.41 Å². The van der Waals surface area contributed by atoms with Crippen molar-refractivity contribution < 1.29 is 4.42 Å². The van der Waals surface area contributed by atoms with E-state index in [9.17, 15) is 0 Å². The van der Waals surface area contributed by atoms with E-state index < -0.39 is 5.41 Å². The lowest BCUT2D eigenvalue weighted by Gasteiger charge is -2.35. The predicted molar refractivity (Wildman–Crippen MR) is 254 cm³/mol. The van der Waals surface area contributed by atoms with Gasteiger partial charge in [-0.15, -0.1) is 0 Å². The van der Waals surface area contributed by atoms with Crippen LogP contribution >= 0.6 is 0 Å². The molecule has 0 unspecified atom stereocenters. The first kappa shape index (κ1) is 35.8. The van der Waals surface area contributed by atoms with Gasteiger partial charge in [-0.25, -0.2) is 9.97 Å². The van der Waals surface area contributed by atoms with Crippen molar-refractivity contribution in [1.82, 2.24) is 9.97 Å². The zero-order valence-corrected chi connectivity index (χ0v) is 33.7. The minimum Gasteiger partial charge on any atom is -0.456 e. The molecule has 3 heteroatoms. The Balaban J connectivity index is 1.02. The highest BCUT2D eigenvalue weighted by atomic mass is 16.3. The molecule has 12 rings (SSSR count). The molecule has 290 valence electrons. The van der Waals surface area contributed by atoms with Gasteiger partial charge >= 0.3 is 0 Å². The summed E-state index contributed by atoms with van der Waals surface area (Å²) in [7, 11) is 0. The summed E-state index contributed by atoms with van der Waals surface area (Å²) in [6.45, 7) is 0. The average molecular weight is 791 g/mol.